The van der Waals surface area contributed by atoms with E-state index in [2.05, 4.69) is 10.6 Å². The number of amides is 2. The fourth-order valence-corrected chi connectivity index (χ4v) is 2.74. The molecular weight excluding hydrogens is 337 g/mol. The number of para-hydroxylation sites is 1. The summed E-state index contributed by atoms with van der Waals surface area (Å²) >= 11 is 0. The molecule has 0 aromatic heterocycles. The minimum Gasteiger partial charge on any atom is -0.483 e. The predicted molar refractivity (Wildman–Crippen MR) is 84.9 cm³/mol. The van der Waals surface area contributed by atoms with Gasteiger partial charge in [0.2, 0.25) is 5.91 Å². The molecule has 1 aliphatic rings. The van der Waals surface area contributed by atoms with Crippen molar-refractivity contribution in [1.82, 2.24) is 10.6 Å². The van der Waals surface area contributed by atoms with Gasteiger partial charge in [0.1, 0.15) is 5.75 Å². The zero-order valence-electron chi connectivity index (χ0n) is 13.7. The summed E-state index contributed by atoms with van der Waals surface area (Å²) in [7, 11) is 0. The Balaban J connectivity index is 1.68. The van der Waals surface area contributed by atoms with Crippen LogP contribution in [0.1, 0.15) is 31.2 Å². The van der Waals surface area contributed by atoms with Crippen LogP contribution < -0.4 is 15.4 Å². The monoisotopic (exact) mass is 358 g/mol. The van der Waals surface area contributed by atoms with Gasteiger partial charge in [-0.2, -0.15) is 13.2 Å². The van der Waals surface area contributed by atoms with Gasteiger partial charge in [0.05, 0.1) is 5.56 Å². The Morgan fingerprint density at radius 2 is 1.72 bits per heavy atom. The van der Waals surface area contributed by atoms with E-state index in [0.717, 1.165) is 37.8 Å². The maximum Gasteiger partial charge on any atom is 0.419 e. The summed E-state index contributed by atoms with van der Waals surface area (Å²) in [4.78, 5) is 23.4. The number of hydrogen-bond donors (Lipinski definition) is 2. The molecule has 2 N–H and O–H groups in total. The molecule has 138 valence electrons. The number of benzene rings is 1. The molecule has 8 heteroatoms. The molecule has 0 aliphatic heterocycles. The van der Waals surface area contributed by atoms with E-state index in [9.17, 15) is 22.8 Å². The van der Waals surface area contributed by atoms with Crippen LogP contribution in [0.25, 0.3) is 0 Å². The van der Waals surface area contributed by atoms with Crippen molar-refractivity contribution in [3.8, 4) is 5.75 Å². The van der Waals surface area contributed by atoms with Crippen LogP contribution in [0.3, 0.4) is 0 Å². The number of carbonyl (C=O) groups excluding carboxylic acids is 2. The lowest BCUT2D eigenvalue weighted by Crippen LogP contribution is -2.38. The lowest BCUT2D eigenvalue weighted by Gasteiger charge is -2.14. The third kappa shape index (κ3) is 5.95. The lowest BCUT2D eigenvalue weighted by atomic mass is 10.1. The summed E-state index contributed by atoms with van der Waals surface area (Å²) in [6.07, 6.45) is -0.635. The SMILES string of the molecule is O=C(COc1ccccc1C(F)(F)F)NCCNC(=O)C1CCCC1. The highest BCUT2D eigenvalue weighted by Gasteiger charge is 2.34. The molecule has 0 unspecified atom stereocenters. The average molecular weight is 358 g/mol. The Labute approximate surface area is 143 Å². The Morgan fingerprint density at radius 1 is 1.08 bits per heavy atom. The lowest BCUT2D eigenvalue weighted by molar-refractivity contribution is -0.139. The summed E-state index contributed by atoms with van der Waals surface area (Å²) in [5.41, 5.74) is -0.924. The Hall–Kier alpha value is -2.25. The smallest absolute Gasteiger partial charge is 0.419 e. The second-order valence-corrected chi connectivity index (χ2v) is 5.90. The number of ether oxygens (including phenoxy) is 1. The number of carbonyl (C=O) groups is 2. The zero-order chi connectivity index (χ0) is 18.3. The standard InChI is InChI=1S/C17H21F3N2O3/c18-17(19,20)13-7-3-4-8-14(13)25-11-15(23)21-9-10-22-16(24)12-5-1-2-6-12/h3-4,7-8,12H,1-2,5-6,9-11H2,(H,21,23)(H,22,24). The molecule has 1 aromatic carbocycles. The van der Waals surface area contributed by atoms with Gasteiger partial charge < -0.3 is 15.4 Å². The predicted octanol–water partition coefficient (Wildman–Crippen LogP) is 2.51. The Morgan fingerprint density at radius 3 is 2.40 bits per heavy atom. The van der Waals surface area contributed by atoms with E-state index in [1.165, 1.54) is 12.1 Å². The van der Waals surface area contributed by atoms with Gasteiger partial charge in [-0.05, 0) is 25.0 Å². The maximum absolute atomic E-state index is 12.8. The number of nitrogens with one attached hydrogen (secondary N) is 2. The number of rotatable bonds is 7. The van der Waals surface area contributed by atoms with E-state index in [-0.39, 0.29) is 30.7 Å². The van der Waals surface area contributed by atoms with Crippen molar-refractivity contribution in [3.05, 3.63) is 29.8 Å². The topological polar surface area (TPSA) is 67.4 Å². The fraction of sp³-hybridized carbons (Fsp3) is 0.529. The fourth-order valence-electron chi connectivity index (χ4n) is 2.74. The van der Waals surface area contributed by atoms with Gasteiger partial charge >= 0.3 is 6.18 Å². The second-order valence-electron chi connectivity index (χ2n) is 5.90. The molecule has 0 bridgehead atoms. The van der Waals surface area contributed by atoms with Gasteiger partial charge in [-0.15, -0.1) is 0 Å². The third-order valence-electron chi connectivity index (χ3n) is 4.02. The van der Waals surface area contributed by atoms with Crippen LogP contribution in [-0.2, 0) is 15.8 Å². The van der Waals surface area contributed by atoms with Crippen LogP contribution in [0.2, 0.25) is 0 Å². The number of alkyl halides is 3. The van der Waals surface area contributed by atoms with E-state index in [0.29, 0.717) is 0 Å². The van der Waals surface area contributed by atoms with Gasteiger partial charge in [0.25, 0.3) is 5.91 Å². The molecule has 0 spiro atoms. The van der Waals surface area contributed by atoms with Crippen molar-refractivity contribution < 1.29 is 27.5 Å². The zero-order valence-corrected chi connectivity index (χ0v) is 13.7. The largest absolute Gasteiger partial charge is 0.483 e. The molecule has 2 amide bonds. The molecule has 1 aromatic rings. The molecule has 1 saturated carbocycles. The molecule has 0 heterocycles. The average Bonchev–Trinajstić information content (AvgIpc) is 3.11. The highest BCUT2D eigenvalue weighted by molar-refractivity contribution is 5.79. The molecule has 2 rings (SSSR count). The van der Waals surface area contributed by atoms with Crippen molar-refractivity contribution in [3.63, 3.8) is 0 Å². The van der Waals surface area contributed by atoms with E-state index < -0.39 is 24.3 Å². The first-order chi connectivity index (χ1) is 11.9. The van der Waals surface area contributed by atoms with Crippen LogP contribution in [0.5, 0.6) is 5.75 Å². The Bertz CT molecular complexity index is 599. The highest BCUT2D eigenvalue weighted by Crippen LogP contribution is 2.35. The van der Waals surface area contributed by atoms with Gasteiger partial charge in [-0.25, -0.2) is 0 Å². The van der Waals surface area contributed by atoms with Crippen LogP contribution in [-0.4, -0.2) is 31.5 Å². The first-order valence-corrected chi connectivity index (χ1v) is 8.21. The quantitative estimate of drug-likeness (QED) is 0.736. The first kappa shape index (κ1) is 19.1. The highest BCUT2D eigenvalue weighted by atomic mass is 19.4. The van der Waals surface area contributed by atoms with E-state index in [1.807, 2.05) is 0 Å². The van der Waals surface area contributed by atoms with Crippen LogP contribution in [0.15, 0.2) is 24.3 Å². The minimum atomic E-state index is -4.54. The third-order valence-corrected chi connectivity index (χ3v) is 4.02. The second kappa shape index (κ2) is 8.73. The molecule has 5 nitrogen and oxygen atoms in total. The van der Waals surface area contributed by atoms with Crippen LogP contribution in [0, 0.1) is 5.92 Å². The van der Waals surface area contributed by atoms with Crippen LogP contribution in [0.4, 0.5) is 13.2 Å². The molecule has 0 atom stereocenters. The summed E-state index contributed by atoms with van der Waals surface area (Å²) < 4.78 is 43.4. The number of halogens is 3. The van der Waals surface area contributed by atoms with Gasteiger partial charge in [-0.3, -0.25) is 9.59 Å². The summed E-state index contributed by atoms with van der Waals surface area (Å²) in [6, 6.07) is 4.72. The maximum atomic E-state index is 12.8. The van der Waals surface area contributed by atoms with Crippen molar-refractivity contribution in [2.24, 2.45) is 5.92 Å². The molecule has 0 saturated heterocycles. The summed E-state index contributed by atoms with van der Waals surface area (Å²) in [5, 5.41) is 5.24. The number of hydrogen-bond acceptors (Lipinski definition) is 3. The van der Waals surface area contributed by atoms with Gasteiger partial charge in [0.15, 0.2) is 6.61 Å². The molecule has 25 heavy (non-hydrogen) atoms. The minimum absolute atomic E-state index is 0.0119. The first-order valence-electron chi connectivity index (χ1n) is 8.21. The van der Waals surface area contributed by atoms with Crippen molar-refractivity contribution in [2.75, 3.05) is 19.7 Å². The van der Waals surface area contributed by atoms with Gasteiger partial charge in [-0.1, -0.05) is 25.0 Å². The van der Waals surface area contributed by atoms with Crippen molar-refractivity contribution in [1.29, 1.82) is 0 Å². The summed E-state index contributed by atoms with van der Waals surface area (Å²) in [6.45, 7) is -0.0502. The molecule has 0 radical (unpaired) electrons. The van der Waals surface area contributed by atoms with Crippen LogP contribution >= 0.6 is 0 Å². The van der Waals surface area contributed by atoms with E-state index in [1.54, 1.807) is 0 Å². The van der Waals surface area contributed by atoms with Crippen molar-refractivity contribution in [2.45, 2.75) is 31.9 Å². The van der Waals surface area contributed by atoms with Crippen molar-refractivity contribution >= 4 is 11.8 Å². The Kier molecular flexibility index (Phi) is 6.66. The molecular formula is C17H21F3N2O3. The summed E-state index contributed by atoms with van der Waals surface area (Å²) in [5.74, 6) is -0.896. The van der Waals surface area contributed by atoms with E-state index >= 15 is 0 Å². The van der Waals surface area contributed by atoms with Gasteiger partial charge in [0, 0.05) is 19.0 Å². The molecule has 1 aliphatic carbocycles. The molecule has 1 fully saturated rings. The normalized spacial score (nSPS) is 15.0. The van der Waals surface area contributed by atoms with E-state index in [4.69, 9.17) is 4.74 Å².